The molecule has 0 radical (unpaired) electrons. The van der Waals surface area contributed by atoms with Crippen molar-refractivity contribution < 1.29 is 53.6 Å². The largest absolute Gasteiger partial charge is 0.496 e. The average Bonchev–Trinajstić information content (AvgIpc) is 3.31. The van der Waals surface area contributed by atoms with Crippen LogP contribution in [-0.4, -0.2) is 94.9 Å². The van der Waals surface area contributed by atoms with Crippen molar-refractivity contribution in [2.45, 2.75) is 62.7 Å². The Morgan fingerprint density at radius 3 is 2.57 bits per heavy atom. The Bertz CT molecular complexity index is 1110. The van der Waals surface area contributed by atoms with Crippen LogP contribution >= 0.6 is 0 Å². The topological polar surface area (TPSA) is 178 Å². The minimum atomic E-state index is -1.63. The van der Waals surface area contributed by atoms with Crippen molar-refractivity contribution in [3.63, 3.8) is 0 Å². The molecule has 12 heteroatoms. The molecule has 1 fully saturated rings. The van der Waals surface area contributed by atoms with E-state index in [2.05, 4.69) is 0 Å². The van der Waals surface area contributed by atoms with E-state index in [9.17, 15) is 30.3 Å². The second-order valence-corrected chi connectivity index (χ2v) is 9.01. The van der Waals surface area contributed by atoms with E-state index < -0.39 is 54.6 Å². The number of hydrogen-bond acceptors (Lipinski definition) is 12. The van der Waals surface area contributed by atoms with E-state index in [-0.39, 0.29) is 17.9 Å². The molecule has 5 N–H and O–H groups in total. The zero-order valence-electron chi connectivity index (χ0n) is 19.5. The van der Waals surface area contributed by atoms with Gasteiger partial charge in [0.2, 0.25) is 5.75 Å². The molecule has 0 aliphatic carbocycles. The Labute approximate surface area is 200 Å². The number of hydrogen-bond donors (Lipinski definition) is 5. The van der Waals surface area contributed by atoms with Crippen molar-refractivity contribution in [1.29, 1.82) is 0 Å². The van der Waals surface area contributed by atoms with Gasteiger partial charge in [0.25, 0.3) is 0 Å². The second kappa shape index (κ2) is 9.90. The summed E-state index contributed by atoms with van der Waals surface area (Å²) < 4.78 is 33.6. The number of fused-ring (bicyclic) bond motifs is 2. The lowest BCUT2D eigenvalue weighted by Gasteiger charge is -2.43. The highest BCUT2D eigenvalue weighted by Gasteiger charge is 2.47. The van der Waals surface area contributed by atoms with Crippen LogP contribution in [0.4, 0.5) is 0 Å². The molecule has 6 atom stereocenters. The normalized spacial score (nSPS) is 27.4. The molecule has 1 saturated heterocycles. The van der Waals surface area contributed by atoms with Crippen molar-refractivity contribution in [3.8, 4) is 17.2 Å². The van der Waals surface area contributed by atoms with Gasteiger partial charge in [-0.3, -0.25) is 0 Å². The predicted octanol–water partition coefficient (Wildman–Crippen LogP) is -0.929. The smallest absolute Gasteiger partial charge is 0.336 e. The van der Waals surface area contributed by atoms with Gasteiger partial charge >= 0.3 is 5.63 Å². The lowest BCUT2D eigenvalue weighted by molar-refractivity contribution is -0.332. The first-order valence-electron chi connectivity index (χ1n) is 11.2. The zero-order chi connectivity index (χ0) is 25.5. The molecule has 0 saturated carbocycles. The molecule has 0 amide bonds. The number of aliphatic hydroxyl groups excluding tert-OH is 5. The Hall–Kier alpha value is -2.45. The van der Waals surface area contributed by atoms with Crippen LogP contribution in [0.1, 0.15) is 19.4 Å². The zero-order valence-corrected chi connectivity index (χ0v) is 19.5. The van der Waals surface area contributed by atoms with Gasteiger partial charge in [-0.2, -0.15) is 0 Å². The highest BCUT2D eigenvalue weighted by atomic mass is 16.7. The van der Waals surface area contributed by atoms with Crippen molar-refractivity contribution in [3.05, 3.63) is 28.1 Å². The van der Waals surface area contributed by atoms with Crippen molar-refractivity contribution in [1.82, 2.24) is 0 Å². The van der Waals surface area contributed by atoms with Crippen LogP contribution in [0.15, 0.2) is 21.3 Å². The maximum absolute atomic E-state index is 11.9. The highest BCUT2D eigenvalue weighted by molar-refractivity contribution is 5.93. The molecule has 2 aliphatic rings. The van der Waals surface area contributed by atoms with Gasteiger partial charge in [-0.1, -0.05) is 0 Å². The first kappa shape index (κ1) is 25.6. The van der Waals surface area contributed by atoms with Gasteiger partial charge in [0.15, 0.2) is 17.6 Å². The highest BCUT2D eigenvalue weighted by Crippen LogP contribution is 2.48. The molecule has 1 aromatic carbocycles. The Kier molecular flexibility index (Phi) is 7.25. The summed E-state index contributed by atoms with van der Waals surface area (Å²) in [5.74, 6) is 0.993. The quantitative estimate of drug-likeness (QED) is 0.283. The predicted molar refractivity (Wildman–Crippen MR) is 119 cm³/mol. The molecular weight excluding hydrogens is 468 g/mol. The van der Waals surface area contributed by atoms with Gasteiger partial charge in [-0.15, -0.1) is 0 Å². The van der Waals surface area contributed by atoms with Crippen LogP contribution in [-0.2, 0) is 15.9 Å². The van der Waals surface area contributed by atoms with E-state index in [0.29, 0.717) is 29.9 Å². The Morgan fingerprint density at radius 1 is 1.14 bits per heavy atom. The third-order valence-electron chi connectivity index (χ3n) is 6.30. The van der Waals surface area contributed by atoms with Crippen LogP contribution in [0.5, 0.6) is 17.2 Å². The molecule has 4 rings (SSSR count). The number of rotatable bonds is 8. The third-order valence-corrected chi connectivity index (χ3v) is 6.30. The van der Waals surface area contributed by atoms with Crippen molar-refractivity contribution in [2.75, 3.05) is 26.9 Å². The lowest BCUT2D eigenvalue weighted by Crippen LogP contribution is -2.61. The summed E-state index contributed by atoms with van der Waals surface area (Å²) >= 11 is 0. The fraction of sp³-hybridized carbons (Fsp3) is 0.609. The van der Waals surface area contributed by atoms with E-state index in [0.717, 1.165) is 5.56 Å². The summed E-state index contributed by atoms with van der Waals surface area (Å²) in [6.07, 6.45) is -8.14. The first-order valence-corrected chi connectivity index (χ1v) is 11.2. The van der Waals surface area contributed by atoms with Crippen LogP contribution in [0.3, 0.4) is 0 Å². The minimum Gasteiger partial charge on any atom is -0.496 e. The number of ether oxygens (including phenoxy) is 5. The van der Waals surface area contributed by atoms with Crippen LogP contribution in [0, 0.1) is 0 Å². The van der Waals surface area contributed by atoms with Crippen molar-refractivity contribution in [2.24, 2.45) is 0 Å². The van der Waals surface area contributed by atoms with Crippen molar-refractivity contribution >= 4 is 11.0 Å². The Balaban J connectivity index is 1.55. The molecule has 0 spiro atoms. The molecular formula is C23H30O12. The number of benzene rings is 1. The number of aliphatic hydroxyl groups is 5. The van der Waals surface area contributed by atoms with Gasteiger partial charge in [0, 0.05) is 18.1 Å². The SMILES string of the molecule is COc1c2c(c(OC[C@@H](O)C(C)(C)O[C@@H]3O[C@H](CO)[C@@H](O)[C@H](O)[C@H]3O)c3oc(=O)ccc13)OCC2. The molecule has 0 bridgehead atoms. The summed E-state index contributed by atoms with van der Waals surface area (Å²) in [6, 6.07) is 2.83. The third kappa shape index (κ3) is 4.70. The van der Waals surface area contributed by atoms with E-state index >= 15 is 0 Å². The van der Waals surface area contributed by atoms with Crippen LogP contribution in [0.25, 0.3) is 11.0 Å². The standard InChI is InChI=1S/C23H30O12/c1-23(2,35-22-17(29)16(28)15(27)12(8-24)33-22)13(25)9-32-21-19-11(6-7-31-19)18(30-3)10-4-5-14(26)34-20(10)21/h4-5,12-13,15-17,22,24-25,27-29H,6-9H2,1-3H3/t12-,13-,15-,16+,17-,22+/m1/s1. The second-order valence-electron chi connectivity index (χ2n) is 9.01. The summed E-state index contributed by atoms with van der Waals surface area (Å²) in [4.78, 5) is 11.9. The first-order chi connectivity index (χ1) is 16.6. The molecule has 2 aliphatic heterocycles. The average molecular weight is 498 g/mol. The van der Waals surface area contributed by atoms with Gasteiger partial charge < -0.3 is 53.6 Å². The molecule has 12 nitrogen and oxygen atoms in total. The van der Waals surface area contributed by atoms with E-state index in [4.69, 9.17) is 28.1 Å². The fourth-order valence-corrected chi connectivity index (χ4v) is 4.17. The van der Waals surface area contributed by atoms with Gasteiger partial charge in [-0.05, 0) is 19.9 Å². The molecule has 2 aromatic rings. The molecule has 1 aromatic heterocycles. The van der Waals surface area contributed by atoms with Gasteiger partial charge in [-0.25, -0.2) is 4.79 Å². The monoisotopic (exact) mass is 498 g/mol. The van der Waals surface area contributed by atoms with Crippen LogP contribution < -0.4 is 19.8 Å². The van der Waals surface area contributed by atoms with Crippen LogP contribution in [0.2, 0.25) is 0 Å². The van der Waals surface area contributed by atoms with Gasteiger partial charge in [0.05, 0.1) is 31.3 Å². The molecule has 194 valence electrons. The summed E-state index contributed by atoms with van der Waals surface area (Å²) in [7, 11) is 1.50. The van der Waals surface area contributed by atoms with E-state index in [1.807, 2.05) is 0 Å². The summed E-state index contributed by atoms with van der Waals surface area (Å²) in [6.45, 7) is 2.44. The van der Waals surface area contributed by atoms with E-state index in [1.54, 1.807) is 6.07 Å². The maximum atomic E-state index is 11.9. The molecule has 35 heavy (non-hydrogen) atoms. The molecule has 0 unspecified atom stereocenters. The summed E-state index contributed by atoms with van der Waals surface area (Å²) in [5, 5.41) is 50.9. The lowest BCUT2D eigenvalue weighted by atomic mass is 9.97. The molecule has 3 heterocycles. The fourth-order valence-electron chi connectivity index (χ4n) is 4.17. The Morgan fingerprint density at radius 2 is 1.89 bits per heavy atom. The van der Waals surface area contributed by atoms with E-state index in [1.165, 1.54) is 27.0 Å². The minimum absolute atomic E-state index is 0.106. The summed E-state index contributed by atoms with van der Waals surface area (Å²) in [5.41, 5.74) is -1.14. The van der Waals surface area contributed by atoms with Gasteiger partial charge in [0.1, 0.15) is 42.9 Å². The number of methoxy groups -OCH3 is 1. The maximum Gasteiger partial charge on any atom is 0.336 e.